The molecule has 2 atom stereocenters. The van der Waals surface area contributed by atoms with E-state index in [1.165, 1.54) is 25.7 Å². The van der Waals surface area contributed by atoms with Crippen LogP contribution >= 0.6 is 0 Å². The molecule has 0 amide bonds. The molecule has 1 heterocycles. The highest BCUT2D eigenvalue weighted by atomic mass is 15.3. The molecule has 1 fully saturated rings. The summed E-state index contributed by atoms with van der Waals surface area (Å²) in [5.74, 6) is 1.54. The minimum Gasteiger partial charge on any atom is -0.368 e. The molecular weight excluding hydrogens is 236 g/mol. The minimum absolute atomic E-state index is 0.228. The number of rotatable bonds is 3. The summed E-state index contributed by atoms with van der Waals surface area (Å²) in [5, 5.41) is 3.58. The van der Waals surface area contributed by atoms with Gasteiger partial charge in [-0.2, -0.15) is 0 Å². The van der Waals surface area contributed by atoms with Crippen molar-refractivity contribution in [1.29, 1.82) is 0 Å². The van der Waals surface area contributed by atoms with Crippen molar-refractivity contribution in [3.63, 3.8) is 0 Å². The summed E-state index contributed by atoms with van der Waals surface area (Å²) in [4.78, 5) is 4.88. The second-order valence-electron chi connectivity index (χ2n) is 5.50. The Labute approximate surface area is 116 Å². The molecule has 2 rings (SSSR count). The Morgan fingerprint density at radius 1 is 1.32 bits per heavy atom. The smallest absolute Gasteiger partial charge is 0.123 e. The van der Waals surface area contributed by atoms with Gasteiger partial charge in [-0.15, -0.1) is 0 Å². The Morgan fingerprint density at radius 3 is 2.79 bits per heavy atom. The van der Waals surface area contributed by atoms with Crippen LogP contribution in [-0.2, 0) is 0 Å². The highest BCUT2D eigenvalue weighted by molar-refractivity contribution is 5.93. The van der Waals surface area contributed by atoms with E-state index < -0.39 is 0 Å². The van der Waals surface area contributed by atoms with Gasteiger partial charge in [0, 0.05) is 18.4 Å². The summed E-state index contributed by atoms with van der Waals surface area (Å²) >= 11 is 0. The first-order valence-electron chi connectivity index (χ1n) is 7.48. The van der Waals surface area contributed by atoms with Crippen molar-refractivity contribution >= 4 is 5.84 Å². The Kier molecular flexibility index (Phi) is 5.31. The van der Waals surface area contributed by atoms with Crippen molar-refractivity contribution in [1.82, 2.24) is 16.2 Å². The molecule has 106 valence electrons. The van der Waals surface area contributed by atoms with Crippen molar-refractivity contribution < 1.29 is 0 Å². The maximum absolute atomic E-state index is 4.88. The Hall–Kier alpha value is -1.45. The molecule has 1 aliphatic carbocycles. The fourth-order valence-electron chi connectivity index (χ4n) is 2.53. The van der Waals surface area contributed by atoms with Crippen LogP contribution in [0.3, 0.4) is 0 Å². The first-order valence-corrected chi connectivity index (χ1v) is 7.48. The molecule has 1 saturated carbocycles. The number of amidine groups is 1. The van der Waals surface area contributed by atoms with Crippen LogP contribution in [0.2, 0.25) is 0 Å². The summed E-state index contributed by atoms with van der Waals surface area (Å²) in [7, 11) is 0. The van der Waals surface area contributed by atoms with E-state index in [0.717, 1.165) is 12.3 Å². The normalized spacial score (nSPS) is 28.9. The number of aliphatic imine (C=N–C) groups is 1. The Balaban J connectivity index is 2.09. The van der Waals surface area contributed by atoms with Gasteiger partial charge in [-0.25, -0.2) is 0 Å². The van der Waals surface area contributed by atoms with Crippen LogP contribution in [0, 0.1) is 5.92 Å². The molecule has 0 bridgehead atoms. The molecule has 3 N–H and O–H groups in total. The van der Waals surface area contributed by atoms with Crippen LogP contribution in [-0.4, -0.2) is 17.9 Å². The molecule has 0 aromatic heterocycles. The Morgan fingerprint density at radius 2 is 2.05 bits per heavy atom. The third kappa shape index (κ3) is 4.30. The van der Waals surface area contributed by atoms with E-state index in [2.05, 4.69) is 36.1 Å². The van der Waals surface area contributed by atoms with Crippen molar-refractivity contribution in [3.05, 3.63) is 24.6 Å². The zero-order valence-electron chi connectivity index (χ0n) is 12.0. The van der Waals surface area contributed by atoms with Gasteiger partial charge in [0.25, 0.3) is 0 Å². The van der Waals surface area contributed by atoms with E-state index in [0.29, 0.717) is 12.0 Å². The number of hydrogen-bond acceptors (Lipinski definition) is 4. The van der Waals surface area contributed by atoms with Gasteiger partial charge in [-0.3, -0.25) is 4.99 Å². The van der Waals surface area contributed by atoms with Gasteiger partial charge in [0.15, 0.2) is 0 Å². The lowest BCUT2D eigenvalue weighted by atomic mass is 10.00. The average molecular weight is 262 g/mol. The lowest BCUT2D eigenvalue weighted by molar-refractivity contribution is 0.500. The summed E-state index contributed by atoms with van der Waals surface area (Å²) in [5.41, 5.74) is 6.05. The lowest BCUT2D eigenvalue weighted by Crippen LogP contribution is -2.33. The Bertz CT molecular complexity index is 353. The van der Waals surface area contributed by atoms with Gasteiger partial charge in [0.2, 0.25) is 0 Å². The standard InChI is InChI=1S/C15H26N4/c1-3-12(2)14-8-10-16-17-11-9-15(19-14)18-13-6-4-5-7-13/h8-14,16-17H,3-7H2,1-2H3,(H,18,19)/b10-8-,11-9-. The molecule has 1 aliphatic heterocycles. The third-order valence-corrected chi connectivity index (χ3v) is 4.01. The molecule has 0 radical (unpaired) electrons. The predicted octanol–water partition coefficient (Wildman–Crippen LogP) is 2.47. The molecule has 19 heavy (non-hydrogen) atoms. The summed E-state index contributed by atoms with van der Waals surface area (Å²) in [6.07, 6.45) is 14.3. The molecule has 4 nitrogen and oxygen atoms in total. The zero-order chi connectivity index (χ0) is 13.5. The van der Waals surface area contributed by atoms with Crippen LogP contribution in [0.1, 0.15) is 46.0 Å². The predicted molar refractivity (Wildman–Crippen MR) is 80.6 cm³/mol. The number of nitrogens with one attached hydrogen (secondary N) is 3. The van der Waals surface area contributed by atoms with Gasteiger partial charge in [0.05, 0.1) is 6.04 Å². The third-order valence-electron chi connectivity index (χ3n) is 4.01. The van der Waals surface area contributed by atoms with E-state index in [-0.39, 0.29) is 6.04 Å². The maximum Gasteiger partial charge on any atom is 0.123 e. The maximum atomic E-state index is 4.88. The second kappa shape index (κ2) is 7.22. The van der Waals surface area contributed by atoms with Crippen molar-refractivity contribution in [2.45, 2.75) is 58.0 Å². The van der Waals surface area contributed by atoms with E-state index in [9.17, 15) is 0 Å². The molecular formula is C15H26N4. The largest absolute Gasteiger partial charge is 0.368 e. The summed E-state index contributed by atoms with van der Waals surface area (Å²) in [6.45, 7) is 4.47. The molecule has 2 aliphatic rings. The van der Waals surface area contributed by atoms with Crippen molar-refractivity contribution in [2.24, 2.45) is 10.9 Å². The first kappa shape index (κ1) is 14.0. The topological polar surface area (TPSA) is 48.4 Å². The van der Waals surface area contributed by atoms with E-state index in [1.54, 1.807) is 0 Å². The molecule has 4 heteroatoms. The molecule has 0 saturated heterocycles. The SMILES string of the molecule is CCC(C)C1/C=C\NN/C=C\C(NC2CCCC2)=N1. The van der Waals surface area contributed by atoms with Gasteiger partial charge in [-0.1, -0.05) is 33.1 Å². The van der Waals surface area contributed by atoms with Crippen LogP contribution in [0.15, 0.2) is 29.5 Å². The fraction of sp³-hybridized carbons (Fsp3) is 0.667. The van der Waals surface area contributed by atoms with Crippen LogP contribution in [0.5, 0.6) is 0 Å². The van der Waals surface area contributed by atoms with E-state index >= 15 is 0 Å². The average Bonchev–Trinajstić information content (AvgIpc) is 2.94. The highest BCUT2D eigenvalue weighted by Crippen LogP contribution is 2.18. The summed E-state index contributed by atoms with van der Waals surface area (Å²) in [6, 6.07) is 0.824. The highest BCUT2D eigenvalue weighted by Gasteiger charge is 2.17. The minimum atomic E-state index is 0.228. The van der Waals surface area contributed by atoms with Crippen molar-refractivity contribution in [2.75, 3.05) is 0 Å². The van der Waals surface area contributed by atoms with Crippen molar-refractivity contribution in [3.8, 4) is 0 Å². The molecule has 0 spiro atoms. The number of hydrazine groups is 1. The van der Waals surface area contributed by atoms with Crippen LogP contribution in [0.4, 0.5) is 0 Å². The number of nitrogens with zero attached hydrogens (tertiary/aromatic N) is 1. The molecule has 0 aromatic carbocycles. The summed E-state index contributed by atoms with van der Waals surface area (Å²) < 4.78 is 0. The molecule has 2 unspecified atom stereocenters. The fourth-order valence-corrected chi connectivity index (χ4v) is 2.53. The van der Waals surface area contributed by atoms with Gasteiger partial charge < -0.3 is 16.2 Å². The first-order chi connectivity index (χ1) is 9.29. The zero-order valence-corrected chi connectivity index (χ0v) is 12.0. The quantitative estimate of drug-likeness (QED) is 0.732. The van der Waals surface area contributed by atoms with Crippen LogP contribution in [0.25, 0.3) is 0 Å². The van der Waals surface area contributed by atoms with Gasteiger partial charge >= 0.3 is 0 Å². The monoisotopic (exact) mass is 262 g/mol. The molecule has 0 aromatic rings. The second-order valence-corrected chi connectivity index (χ2v) is 5.50. The van der Waals surface area contributed by atoms with E-state index in [4.69, 9.17) is 4.99 Å². The van der Waals surface area contributed by atoms with E-state index in [1.807, 2.05) is 18.5 Å². The number of hydrogen-bond donors (Lipinski definition) is 3. The van der Waals surface area contributed by atoms with Gasteiger partial charge in [-0.05, 0) is 30.9 Å². The van der Waals surface area contributed by atoms with Crippen LogP contribution < -0.4 is 16.2 Å². The lowest BCUT2D eigenvalue weighted by Gasteiger charge is -2.19. The van der Waals surface area contributed by atoms with Gasteiger partial charge in [0.1, 0.15) is 5.84 Å².